The molecule has 94 valence electrons. The number of rotatable bonds is 4. The zero-order chi connectivity index (χ0) is 12.2. The van der Waals surface area contributed by atoms with E-state index in [1.165, 1.54) is 0 Å². The molecular weight excluding hydrogens is 208 g/mol. The van der Waals surface area contributed by atoms with Crippen LogP contribution >= 0.6 is 0 Å². The number of piperazine rings is 1. The van der Waals surface area contributed by atoms with Gasteiger partial charge < -0.3 is 15.2 Å². The molecule has 1 saturated heterocycles. The molecule has 1 aliphatic heterocycles. The summed E-state index contributed by atoms with van der Waals surface area (Å²) in [4.78, 5) is 13.7. The fraction of sp³-hybridized carbons (Fsp3) is 0.909. The lowest BCUT2D eigenvalue weighted by Gasteiger charge is -2.37. The van der Waals surface area contributed by atoms with Crippen molar-refractivity contribution >= 4 is 5.97 Å². The van der Waals surface area contributed by atoms with Crippen LogP contribution in [0.15, 0.2) is 0 Å². The van der Waals surface area contributed by atoms with Gasteiger partial charge in [-0.25, -0.2) is 0 Å². The Labute approximate surface area is 96.8 Å². The van der Waals surface area contributed by atoms with Crippen molar-refractivity contribution in [2.75, 3.05) is 32.8 Å². The lowest BCUT2D eigenvalue weighted by Crippen LogP contribution is -2.58. The van der Waals surface area contributed by atoms with Gasteiger partial charge in [-0.3, -0.25) is 9.69 Å². The molecule has 0 aromatic heterocycles. The van der Waals surface area contributed by atoms with E-state index in [4.69, 9.17) is 4.74 Å². The number of aliphatic hydroxyl groups is 1. The van der Waals surface area contributed by atoms with Gasteiger partial charge in [0.25, 0.3) is 0 Å². The quantitative estimate of drug-likeness (QED) is 0.643. The SMILES string of the molecule is CCOC(=O)C1CNCCN1CC(C)(C)O. The average molecular weight is 230 g/mol. The van der Waals surface area contributed by atoms with Gasteiger partial charge in [0.1, 0.15) is 6.04 Å². The van der Waals surface area contributed by atoms with Crippen LogP contribution in [0.25, 0.3) is 0 Å². The minimum absolute atomic E-state index is 0.209. The molecule has 0 bridgehead atoms. The molecule has 16 heavy (non-hydrogen) atoms. The Bertz CT molecular complexity index is 238. The van der Waals surface area contributed by atoms with E-state index in [0.717, 1.165) is 13.1 Å². The largest absolute Gasteiger partial charge is 0.465 e. The molecular formula is C11H22N2O3. The first kappa shape index (κ1) is 13.4. The monoisotopic (exact) mass is 230 g/mol. The van der Waals surface area contributed by atoms with Gasteiger partial charge in [-0.1, -0.05) is 0 Å². The molecule has 0 aromatic rings. The molecule has 2 N–H and O–H groups in total. The van der Waals surface area contributed by atoms with E-state index < -0.39 is 5.60 Å². The first-order valence-corrected chi connectivity index (χ1v) is 5.78. The molecule has 1 aliphatic rings. The summed E-state index contributed by atoms with van der Waals surface area (Å²) in [6, 6.07) is -0.278. The lowest BCUT2D eigenvalue weighted by atomic mass is 10.1. The van der Waals surface area contributed by atoms with Crippen molar-refractivity contribution in [2.45, 2.75) is 32.4 Å². The highest BCUT2D eigenvalue weighted by Gasteiger charge is 2.32. The summed E-state index contributed by atoms with van der Waals surface area (Å²) in [6.45, 7) is 8.36. The Balaban J connectivity index is 2.60. The summed E-state index contributed by atoms with van der Waals surface area (Å²) in [7, 11) is 0. The molecule has 5 nitrogen and oxygen atoms in total. The van der Waals surface area contributed by atoms with Crippen molar-refractivity contribution in [3.8, 4) is 0 Å². The van der Waals surface area contributed by atoms with E-state index in [0.29, 0.717) is 19.7 Å². The molecule has 1 rings (SSSR count). The van der Waals surface area contributed by atoms with E-state index in [-0.39, 0.29) is 12.0 Å². The zero-order valence-corrected chi connectivity index (χ0v) is 10.3. The van der Waals surface area contributed by atoms with E-state index in [9.17, 15) is 9.90 Å². The van der Waals surface area contributed by atoms with Gasteiger partial charge >= 0.3 is 5.97 Å². The third kappa shape index (κ3) is 4.08. The maximum atomic E-state index is 11.7. The second-order valence-corrected chi connectivity index (χ2v) is 4.75. The highest BCUT2D eigenvalue weighted by molar-refractivity contribution is 5.76. The summed E-state index contributed by atoms with van der Waals surface area (Å²) in [5.41, 5.74) is -0.790. The molecule has 1 fully saturated rings. The highest BCUT2D eigenvalue weighted by Crippen LogP contribution is 2.11. The summed E-state index contributed by atoms with van der Waals surface area (Å²) in [5.74, 6) is -0.209. The van der Waals surface area contributed by atoms with Gasteiger partial charge in [0.2, 0.25) is 0 Å². The fourth-order valence-corrected chi connectivity index (χ4v) is 1.90. The van der Waals surface area contributed by atoms with E-state index in [1.54, 1.807) is 20.8 Å². The minimum atomic E-state index is -0.790. The fourth-order valence-electron chi connectivity index (χ4n) is 1.90. The molecule has 0 aromatic carbocycles. The van der Waals surface area contributed by atoms with Crippen LogP contribution in [0.5, 0.6) is 0 Å². The number of carbonyl (C=O) groups is 1. The van der Waals surface area contributed by atoms with Crippen LogP contribution in [0.1, 0.15) is 20.8 Å². The first-order valence-electron chi connectivity index (χ1n) is 5.78. The topological polar surface area (TPSA) is 61.8 Å². The second-order valence-electron chi connectivity index (χ2n) is 4.75. The number of hydrogen-bond acceptors (Lipinski definition) is 5. The number of carbonyl (C=O) groups excluding carboxylic acids is 1. The molecule has 0 radical (unpaired) electrons. The predicted octanol–water partition coefficient (Wildman–Crippen LogP) is -0.406. The minimum Gasteiger partial charge on any atom is -0.465 e. The average Bonchev–Trinajstić information content (AvgIpc) is 2.16. The summed E-state index contributed by atoms with van der Waals surface area (Å²) in [6.07, 6.45) is 0. The normalized spacial score (nSPS) is 23.1. The third-order valence-corrected chi connectivity index (χ3v) is 2.50. The van der Waals surface area contributed by atoms with Crippen molar-refractivity contribution in [3.05, 3.63) is 0 Å². The van der Waals surface area contributed by atoms with E-state index >= 15 is 0 Å². The van der Waals surface area contributed by atoms with Crippen molar-refractivity contribution in [2.24, 2.45) is 0 Å². The molecule has 1 heterocycles. The lowest BCUT2D eigenvalue weighted by molar-refractivity contribution is -0.151. The van der Waals surface area contributed by atoms with Crippen LogP contribution < -0.4 is 5.32 Å². The Kier molecular flexibility index (Phi) is 4.70. The summed E-state index contributed by atoms with van der Waals surface area (Å²) >= 11 is 0. The Morgan fingerprint density at radius 2 is 2.31 bits per heavy atom. The van der Waals surface area contributed by atoms with Crippen molar-refractivity contribution in [3.63, 3.8) is 0 Å². The van der Waals surface area contributed by atoms with Crippen LogP contribution in [0, 0.1) is 0 Å². The van der Waals surface area contributed by atoms with Gasteiger partial charge in [0.15, 0.2) is 0 Å². The van der Waals surface area contributed by atoms with E-state index in [1.807, 2.05) is 4.90 Å². The maximum Gasteiger partial charge on any atom is 0.324 e. The Morgan fingerprint density at radius 1 is 1.62 bits per heavy atom. The summed E-state index contributed by atoms with van der Waals surface area (Å²) in [5, 5.41) is 13.0. The van der Waals surface area contributed by atoms with Gasteiger partial charge in [-0.15, -0.1) is 0 Å². The van der Waals surface area contributed by atoms with Gasteiger partial charge in [0.05, 0.1) is 12.2 Å². The summed E-state index contributed by atoms with van der Waals surface area (Å²) < 4.78 is 5.02. The number of nitrogens with one attached hydrogen (secondary N) is 1. The smallest absolute Gasteiger partial charge is 0.324 e. The molecule has 5 heteroatoms. The zero-order valence-electron chi connectivity index (χ0n) is 10.3. The first-order chi connectivity index (χ1) is 7.44. The number of nitrogens with zero attached hydrogens (tertiary/aromatic N) is 1. The Morgan fingerprint density at radius 3 is 2.88 bits per heavy atom. The molecule has 1 unspecified atom stereocenters. The molecule has 0 aliphatic carbocycles. The highest BCUT2D eigenvalue weighted by atomic mass is 16.5. The van der Waals surface area contributed by atoms with E-state index in [2.05, 4.69) is 5.32 Å². The predicted molar refractivity (Wildman–Crippen MR) is 61.2 cm³/mol. The van der Waals surface area contributed by atoms with Crippen LogP contribution in [0.4, 0.5) is 0 Å². The van der Waals surface area contributed by atoms with Gasteiger partial charge in [-0.2, -0.15) is 0 Å². The number of β-amino-alcohol motifs (C(OH)–C–C–N with tert-alkyl or cyclic N) is 1. The molecule has 0 amide bonds. The standard InChI is InChI=1S/C11H22N2O3/c1-4-16-10(14)9-7-12-5-6-13(9)8-11(2,3)15/h9,12,15H,4-8H2,1-3H3. The number of hydrogen-bond donors (Lipinski definition) is 2. The third-order valence-electron chi connectivity index (χ3n) is 2.50. The van der Waals surface area contributed by atoms with Crippen LogP contribution in [-0.4, -0.2) is 60.4 Å². The van der Waals surface area contributed by atoms with Crippen molar-refractivity contribution in [1.29, 1.82) is 0 Å². The van der Waals surface area contributed by atoms with Crippen LogP contribution in [-0.2, 0) is 9.53 Å². The van der Waals surface area contributed by atoms with Crippen molar-refractivity contribution < 1.29 is 14.6 Å². The molecule has 1 atom stereocenters. The molecule has 0 spiro atoms. The number of ether oxygens (including phenoxy) is 1. The van der Waals surface area contributed by atoms with Crippen LogP contribution in [0.2, 0.25) is 0 Å². The van der Waals surface area contributed by atoms with Gasteiger partial charge in [0, 0.05) is 26.2 Å². The molecule has 0 saturated carbocycles. The Hall–Kier alpha value is -0.650. The van der Waals surface area contributed by atoms with Gasteiger partial charge in [-0.05, 0) is 20.8 Å². The number of esters is 1. The van der Waals surface area contributed by atoms with Crippen LogP contribution in [0.3, 0.4) is 0 Å². The second kappa shape index (κ2) is 5.61. The van der Waals surface area contributed by atoms with Crippen molar-refractivity contribution in [1.82, 2.24) is 10.2 Å². The maximum absolute atomic E-state index is 11.7.